The van der Waals surface area contributed by atoms with E-state index in [0.29, 0.717) is 10.6 Å². The Hall–Kier alpha value is -3.37. The SMILES string of the molecule is Cc1ccc(C(=O)N/N=C/c2cn(Cc3ccccc3)c3ccccc23)c(Cl)c1. The lowest BCUT2D eigenvalue weighted by atomic mass is 10.1. The second-order valence-electron chi connectivity index (χ2n) is 6.90. The van der Waals surface area contributed by atoms with E-state index in [1.165, 1.54) is 5.56 Å². The molecule has 3 aromatic carbocycles. The van der Waals surface area contributed by atoms with Crippen molar-refractivity contribution in [3.63, 3.8) is 0 Å². The maximum Gasteiger partial charge on any atom is 0.272 e. The molecule has 0 aliphatic heterocycles. The highest BCUT2D eigenvalue weighted by molar-refractivity contribution is 6.33. The number of carbonyl (C=O) groups is 1. The van der Waals surface area contributed by atoms with Gasteiger partial charge in [0.15, 0.2) is 0 Å². The van der Waals surface area contributed by atoms with E-state index < -0.39 is 0 Å². The van der Waals surface area contributed by atoms with Crippen LogP contribution < -0.4 is 5.43 Å². The number of aryl methyl sites for hydroxylation is 1. The molecule has 0 fully saturated rings. The molecule has 1 N–H and O–H groups in total. The minimum Gasteiger partial charge on any atom is -0.342 e. The van der Waals surface area contributed by atoms with Crippen LogP contribution in [0.3, 0.4) is 0 Å². The highest BCUT2D eigenvalue weighted by Crippen LogP contribution is 2.21. The van der Waals surface area contributed by atoms with Crippen molar-refractivity contribution in [2.75, 3.05) is 0 Å². The van der Waals surface area contributed by atoms with Crippen molar-refractivity contribution >= 4 is 34.6 Å². The van der Waals surface area contributed by atoms with Gasteiger partial charge in [-0.05, 0) is 36.2 Å². The Labute approximate surface area is 174 Å². The van der Waals surface area contributed by atoms with Crippen molar-refractivity contribution in [1.82, 2.24) is 9.99 Å². The van der Waals surface area contributed by atoms with Crippen molar-refractivity contribution in [2.45, 2.75) is 13.5 Å². The second kappa shape index (κ2) is 8.33. The van der Waals surface area contributed by atoms with E-state index in [0.717, 1.165) is 28.6 Å². The molecule has 0 spiro atoms. The number of amides is 1. The van der Waals surface area contributed by atoms with Crippen LogP contribution in [0.4, 0.5) is 0 Å². The zero-order valence-electron chi connectivity index (χ0n) is 16.0. The van der Waals surface area contributed by atoms with Crippen LogP contribution in [0.2, 0.25) is 5.02 Å². The van der Waals surface area contributed by atoms with Gasteiger partial charge in [0.2, 0.25) is 0 Å². The van der Waals surface area contributed by atoms with E-state index in [1.807, 2.05) is 49.5 Å². The lowest BCUT2D eigenvalue weighted by molar-refractivity contribution is 0.0955. The molecule has 4 rings (SSSR count). The van der Waals surface area contributed by atoms with Crippen molar-refractivity contribution < 1.29 is 4.79 Å². The van der Waals surface area contributed by atoms with Gasteiger partial charge in [0.25, 0.3) is 5.91 Å². The first kappa shape index (κ1) is 19.0. The number of nitrogens with zero attached hydrogens (tertiary/aromatic N) is 2. The van der Waals surface area contributed by atoms with Crippen LogP contribution >= 0.6 is 11.6 Å². The Morgan fingerprint density at radius 3 is 2.62 bits per heavy atom. The van der Waals surface area contributed by atoms with Crippen LogP contribution in [0.5, 0.6) is 0 Å². The van der Waals surface area contributed by atoms with E-state index in [1.54, 1.807) is 18.3 Å². The minimum atomic E-state index is -0.334. The predicted molar refractivity (Wildman–Crippen MR) is 119 cm³/mol. The smallest absolute Gasteiger partial charge is 0.272 e. The first-order valence-corrected chi connectivity index (χ1v) is 9.71. The number of carbonyl (C=O) groups excluding carboxylic acids is 1. The van der Waals surface area contributed by atoms with Crippen LogP contribution in [0, 0.1) is 6.92 Å². The lowest BCUT2D eigenvalue weighted by Gasteiger charge is -2.05. The molecular weight excluding hydrogens is 382 g/mol. The van der Waals surface area contributed by atoms with E-state index in [9.17, 15) is 4.79 Å². The number of hydrogen-bond donors (Lipinski definition) is 1. The Kier molecular flexibility index (Phi) is 5.45. The summed E-state index contributed by atoms with van der Waals surface area (Å²) in [6, 6.07) is 23.8. The van der Waals surface area contributed by atoms with Gasteiger partial charge < -0.3 is 4.57 Å². The van der Waals surface area contributed by atoms with Gasteiger partial charge >= 0.3 is 0 Å². The molecule has 0 unspecified atom stereocenters. The Morgan fingerprint density at radius 1 is 1.07 bits per heavy atom. The molecule has 0 atom stereocenters. The highest BCUT2D eigenvalue weighted by Gasteiger charge is 2.10. The van der Waals surface area contributed by atoms with Crippen LogP contribution in [0.15, 0.2) is 84.1 Å². The molecule has 0 aliphatic rings. The van der Waals surface area contributed by atoms with Crippen LogP contribution in [0.1, 0.15) is 27.0 Å². The third-order valence-electron chi connectivity index (χ3n) is 4.75. The molecule has 4 aromatic rings. The summed E-state index contributed by atoms with van der Waals surface area (Å²) in [5.74, 6) is -0.334. The molecule has 0 bridgehead atoms. The van der Waals surface area contributed by atoms with Gasteiger partial charge in [-0.1, -0.05) is 66.2 Å². The Bertz CT molecular complexity index is 1200. The molecule has 4 nitrogen and oxygen atoms in total. The summed E-state index contributed by atoms with van der Waals surface area (Å²) in [6.07, 6.45) is 3.72. The minimum absolute atomic E-state index is 0.334. The highest BCUT2D eigenvalue weighted by atomic mass is 35.5. The fourth-order valence-corrected chi connectivity index (χ4v) is 3.63. The zero-order chi connectivity index (χ0) is 20.2. The quantitative estimate of drug-likeness (QED) is 0.352. The molecule has 1 amide bonds. The summed E-state index contributed by atoms with van der Waals surface area (Å²) >= 11 is 6.16. The van der Waals surface area contributed by atoms with E-state index in [2.05, 4.69) is 39.4 Å². The molecule has 5 heteroatoms. The molecule has 0 aliphatic carbocycles. The zero-order valence-corrected chi connectivity index (χ0v) is 16.7. The fraction of sp³-hybridized carbons (Fsp3) is 0.0833. The number of halogens is 1. The monoisotopic (exact) mass is 401 g/mol. The molecule has 144 valence electrons. The number of nitrogens with one attached hydrogen (secondary N) is 1. The number of aromatic nitrogens is 1. The van der Waals surface area contributed by atoms with Gasteiger partial charge in [-0.25, -0.2) is 5.43 Å². The van der Waals surface area contributed by atoms with Crippen LogP contribution in [0.25, 0.3) is 10.9 Å². The third-order valence-corrected chi connectivity index (χ3v) is 5.07. The maximum atomic E-state index is 12.4. The van der Waals surface area contributed by atoms with E-state index >= 15 is 0 Å². The second-order valence-corrected chi connectivity index (χ2v) is 7.30. The van der Waals surface area contributed by atoms with Gasteiger partial charge in [-0.15, -0.1) is 0 Å². The number of hydrogen-bond acceptors (Lipinski definition) is 2. The summed E-state index contributed by atoms with van der Waals surface area (Å²) in [6.45, 7) is 2.69. The Balaban J connectivity index is 1.57. The van der Waals surface area contributed by atoms with E-state index in [-0.39, 0.29) is 5.91 Å². The normalized spacial score (nSPS) is 11.2. The van der Waals surface area contributed by atoms with Crippen molar-refractivity contribution in [3.05, 3.63) is 106 Å². The summed E-state index contributed by atoms with van der Waals surface area (Å²) in [5, 5.41) is 5.65. The number of rotatable bonds is 5. The molecule has 1 heterocycles. The average Bonchev–Trinajstić information content (AvgIpc) is 3.06. The van der Waals surface area contributed by atoms with Gasteiger partial charge in [0, 0.05) is 29.2 Å². The molecule has 0 radical (unpaired) electrons. The largest absolute Gasteiger partial charge is 0.342 e. The molecule has 29 heavy (non-hydrogen) atoms. The topological polar surface area (TPSA) is 46.4 Å². The van der Waals surface area contributed by atoms with Crippen LogP contribution in [-0.2, 0) is 6.54 Å². The summed E-state index contributed by atoms with van der Waals surface area (Å²) in [7, 11) is 0. The lowest BCUT2D eigenvalue weighted by Crippen LogP contribution is -2.18. The molecule has 0 saturated heterocycles. The Morgan fingerprint density at radius 2 is 1.83 bits per heavy atom. The number of fused-ring (bicyclic) bond motifs is 1. The first-order valence-electron chi connectivity index (χ1n) is 9.33. The summed E-state index contributed by atoms with van der Waals surface area (Å²) < 4.78 is 2.19. The number of para-hydroxylation sites is 1. The maximum absolute atomic E-state index is 12.4. The fourth-order valence-electron chi connectivity index (χ4n) is 3.31. The van der Waals surface area contributed by atoms with Crippen molar-refractivity contribution in [2.24, 2.45) is 5.10 Å². The third kappa shape index (κ3) is 4.23. The van der Waals surface area contributed by atoms with E-state index in [4.69, 9.17) is 11.6 Å². The van der Waals surface area contributed by atoms with Crippen molar-refractivity contribution in [1.29, 1.82) is 0 Å². The summed E-state index contributed by atoms with van der Waals surface area (Å²) in [5.41, 5.74) is 7.25. The standard InChI is InChI=1S/C24H20ClN3O/c1-17-11-12-21(22(25)13-17)24(29)27-26-14-19-16-28(15-18-7-3-2-4-8-18)23-10-6-5-9-20(19)23/h2-14,16H,15H2,1H3,(H,27,29)/b26-14+. The van der Waals surface area contributed by atoms with Gasteiger partial charge in [-0.3, -0.25) is 4.79 Å². The first-order chi connectivity index (χ1) is 14.1. The number of benzene rings is 3. The van der Waals surface area contributed by atoms with Gasteiger partial charge in [0.05, 0.1) is 16.8 Å². The molecule has 1 aromatic heterocycles. The molecular formula is C24H20ClN3O. The van der Waals surface area contributed by atoms with Gasteiger partial charge in [0.1, 0.15) is 0 Å². The molecule has 0 saturated carbocycles. The predicted octanol–water partition coefficient (Wildman–Crippen LogP) is 5.42. The van der Waals surface area contributed by atoms with Crippen molar-refractivity contribution in [3.8, 4) is 0 Å². The van der Waals surface area contributed by atoms with Crippen LogP contribution in [-0.4, -0.2) is 16.7 Å². The number of hydrazone groups is 1. The van der Waals surface area contributed by atoms with Gasteiger partial charge in [-0.2, -0.15) is 5.10 Å². The summed E-state index contributed by atoms with van der Waals surface area (Å²) in [4.78, 5) is 12.4. The average molecular weight is 402 g/mol.